The highest BCUT2D eigenvalue weighted by atomic mass is 32.1. The highest BCUT2D eigenvalue weighted by molar-refractivity contribution is 7.11. The standard InChI is InChI=1S/C14H24N2S/c1-11(2)8-15-10-14(5-4-6-14)7-13-9-16-12(3)17-13/h9,11,15H,4-8,10H2,1-3H3. The van der Waals surface area contributed by atoms with Crippen LogP contribution in [0.25, 0.3) is 0 Å². The zero-order valence-corrected chi connectivity index (χ0v) is 12.1. The summed E-state index contributed by atoms with van der Waals surface area (Å²) in [5, 5.41) is 4.84. The Balaban J connectivity index is 1.86. The van der Waals surface area contributed by atoms with Crippen LogP contribution >= 0.6 is 11.3 Å². The van der Waals surface area contributed by atoms with Crippen molar-refractivity contribution in [2.75, 3.05) is 13.1 Å². The van der Waals surface area contributed by atoms with E-state index >= 15 is 0 Å². The maximum atomic E-state index is 4.37. The molecule has 0 radical (unpaired) electrons. The second-order valence-corrected chi connectivity index (χ2v) is 7.22. The summed E-state index contributed by atoms with van der Waals surface area (Å²) in [6, 6.07) is 0. The molecule has 2 rings (SSSR count). The molecule has 0 saturated heterocycles. The van der Waals surface area contributed by atoms with E-state index in [1.54, 1.807) is 0 Å². The smallest absolute Gasteiger partial charge is 0.0896 e. The van der Waals surface area contributed by atoms with Crippen molar-refractivity contribution in [3.63, 3.8) is 0 Å². The Morgan fingerprint density at radius 2 is 2.24 bits per heavy atom. The van der Waals surface area contributed by atoms with Crippen LogP contribution in [0, 0.1) is 18.3 Å². The first-order valence-corrected chi connectivity index (χ1v) is 7.53. The van der Waals surface area contributed by atoms with Gasteiger partial charge in [-0.05, 0) is 44.1 Å². The third-order valence-corrected chi connectivity index (χ3v) is 4.60. The minimum atomic E-state index is 0.536. The van der Waals surface area contributed by atoms with Crippen LogP contribution in [0.1, 0.15) is 43.0 Å². The Kier molecular flexibility index (Phi) is 4.21. The molecular weight excluding hydrogens is 228 g/mol. The van der Waals surface area contributed by atoms with Crippen LogP contribution in [0.5, 0.6) is 0 Å². The summed E-state index contributed by atoms with van der Waals surface area (Å²) in [6.07, 6.45) is 7.47. The Morgan fingerprint density at radius 3 is 2.71 bits per heavy atom. The largest absolute Gasteiger partial charge is 0.316 e. The van der Waals surface area contributed by atoms with Crippen molar-refractivity contribution in [2.24, 2.45) is 11.3 Å². The highest BCUT2D eigenvalue weighted by Crippen LogP contribution is 2.43. The first-order chi connectivity index (χ1) is 8.10. The summed E-state index contributed by atoms with van der Waals surface area (Å²) in [5.74, 6) is 0.748. The summed E-state index contributed by atoms with van der Waals surface area (Å²) in [5.41, 5.74) is 0.536. The Bertz CT molecular complexity index is 353. The summed E-state index contributed by atoms with van der Waals surface area (Å²) in [7, 11) is 0. The van der Waals surface area contributed by atoms with E-state index < -0.39 is 0 Å². The molecule has 96 valence electrons. The minimum Gasteiger partial charge on any atom is -0.316 e. The molecule has 1 saturated carbocycles. The van der Waals surface area contributed by atoms with E-state index in [1.807, 2.05) is 11.3 Å². The van der Waals surface area contributed by atoms with Crippen molar-refractivity contribution in [3.05, 3.63) is 16.1 Å². The van der Waals surface area contributed by atoms with Crippen LogP contribution in [-0.4, -0.2) is 18.1 Å². The molecule has 2 nitrogen and oxygen atoms in total. The molecular formula is C14H24N2S. The maximum Gasteiger partial charge on any atom is 0.0896 e. The number of rotatable bonds is 6. The highest BCUT2D eigenvalue weighted by Gasteiger charge is 2.36. The summed E-state index contributed by atoms with van der Waals surface area (Å²) in [4.78, 5) is 5.83. The summed E-state index contributed by atoms with van der Waals surface area (Å²) < 4.78 is 0. The second kappa shape index (κ2) is 5.49. The first-order valence-electron chi connectivity index (χ1n) is 6.72. The van der Waals surface area contributed by atoms with Crippen molar-refractivity contribution in [2.45, 2.75) is 46.5 Å². The number of nitrogens with zero attached hydrogens (tertiary/aromatic N) is 1. The van der Waals surface area contributed by atoms with Gasteiger partial charge >= 0.3 is 0 Å². The molecule has 1 aromatic heterocycles. The normalized spacial score (nSPS) is 18.4. The van der Waals surface area contributed by atoms with E-state index in [0.29, 0.717) is 5.41 Å². The molecule has 1 heterocycles. The van der Waals surface area contributed by atoms with E-state index in [2.05, 4.69) is 37.3 Å². The molecule has 0 amide bonds. The molecule has 0 bridgehead atoms. The fourth-order valence-electron chi connectivity index (χ4n) is 2.58. The van der Waals surface area contributed by atoms with Gasteiger partial charge in [0, 0.05) is 17.6 Å². The van der Waals surface area contributed by atoms with Gasteiger partial charge in [-0.2, -0.15) is 0 Å². The lowest BCUT2D eigenvalue weighted by Gasteiger charge is -2.42. The number of aryl methyl sites for hydroxylation is 1. The molecule has 1 fully saturated rings. The second-order valence-electron chi connectivity index (χ2n) is 5.90. The summed E-state index contributed by atoms with van der Waals surface area (Å²) in [6.45, 7) is 8.96. The van der Waals surface area contributed by atoms with Gasteiger partial charge in [0.1, 0.15) is 0 Å². The number of aromatic nitrogens is 1. The molecule has 0 atom stereocenters. The third kappa shape index (κ3) is 3.52. The Morgan fingerprint density at radius 1 is 1.47 bits per heavy atom. The van der Waals surface area contributed by atoms with Gasteiger partial charge < -0.3 is 5.32 Å². The Hall–Kier alpha value is -0.410. The van der Waals surface area contributed by atoms with E-state index in [4.69, 9.17) is 0 Å². The van der Waals surface area contributed by atoms with E-state index in [-0.39, 0.29) is 0 Å². The molecule has 0 unspecified atom stereocenters. The van der Waals surface area contributed by atoms with Gasteiger partial charge in [0.05, 0.1) is 5.01 Å². The molecule has 1 N–H and O–H groups in total. The van der Waals surface area contributed by atoms with Gasteiger partial charge in [-0.3, -0.25) is 0 Å². The minimum absolute atomic E-state index is 0.536. The predicted octanol–water partition coefficient (Wildman–Crippen LogP) is 3.41. The Labute approximate surface area is 109 Å². The van der Waals surface area contributed by atoms with E-state index in [9.17, 15) is 0 Å². The molecule has 3 heteroatoms. The third-order valence-electron chi connectivity index (χ3n) is 3.69. The summed E-state index contributed by atoms with van der Waals surface area (Å²) >= 11 is 1.86. The molecule has 0 spiro atoms. The van der Waals surface area contributed by atoms with Crippen LogP contribution in [0.4, 0.5) is 0 Å². The SMILES string of the molecule is Cc1ncc(CC2(CNCC(C)C)CCC2)s1. The van der Waals surface area contributed by atoms with Crippen molar-refractivity contribution < 1.29 is 0 Å². The molecule has 17 heavy (non-hydrogen) atoms. The lowest BCUT2D eigenvalue weighted by molar-refractivity contribution is 0.130. The van der Waals surface area contributed by atoms with Crippen LogP contribution in [0.15, 0.2) is 6.20 Å². The maximum absolute atomic E-state index is 4.37. The van der Waals surface area contributed by atoms with Crippen molar-refractivity contribution >= 4 is 11.3 Å². The molecule has 0 aromatic carbocycles. The van der Waals surface area contributed by atoms with Gasteiger partial charge in [-0.25, -0.2) is 4.98 Å². The van der Waals surface area contributed by atoms with Gasteiger partial charge in [0.25, 0.3) is 0 Å². The van der Waals surface area contributed by atoms with Crippen LogP contribution in [-0.2, 0) is 6.42 Å². The van der Waals surface area contributed by atoms with Gasteiger partial charge in [-0.15, -0.1) is 11.3 Å². The molecule has 0 aliphatic heterocycles. The zero-order chi connectivity index (χ0) is 12.3. The van der Waals surface area contributed by atoms with Crippen molar-refractivity contribution in [1.82, 2.24) is 10.3 Å². The molecule has 1 aliphatic rings. The predicted molar refractivity (Wildman–Crippen MR) is 74.5 cm³/mol. The van der Waals surface area contributed by atoms with Crippen LogP contribution < -0.4 is 5.32 Å². The van der Waals surface area contributed by atoms with Crippen LogP contribution in [0.3, 0.4) is 0 Å². The zero-order valence-electron chi connectivity index (χ0n) is 11.3. The van der Waals surface area contributed by atoms with E-state index in [1.165, 1.54) is 42.1 Å². The quantitative estimate of drug-likeness (QED) is 0.839. The van der Waals surface area contributed by atoms with Gasteiger partial charge in [-0.1, -0.05) is 20.3 Å². The molecule has 1 aliphatic carbocycles. The monoisotopic (exact) mass is 252 g/mol. The van der Waals surface area contributed by atoms with Gasteiger partial charge in [0.2, 0.25) is 0 Å². The number of nitrogens with one attached hydrogen (secondary N) is 1. The number of thiazole rings is 1. The first kappa shape index (κ1) is 13.0. The topological polar surface area (TPSA) is 24.9 Å². The van der Waals surface area contributed by atoms with Crippen molar-refractivity contribution in [1.29, 1.82) is 0 Å². The van der Waals surface area contributed by atoms with Crippen molar-refractivity contribution in [3.8, 4) is 0 Å². The van der Waals surface area contributed by atoms with Gasteiger partial charge in [0.15, 0.2) is 0 Å². The van der Waals surface area contributed by atoms with E-state index in [0.717, 1.165) is 12.5 Å². The lowest BCUT2D eigenvalue weighted by atomic mass is 9.66. The average molecular weight is 252 g/mol. The lowest BCUT2D eigenvalue weighted by Crippen LogP contribution is -2.42. The number of hydrogen-bond acceptors (Lipinski definition) is 3. The van der Waals surface area contributed by atoms with Crippen LogP contribution in [0.2, 0.25) is 0 Å². The fourth-order valence-corrected chi connectivity index (χ4v) is 3.54. The molecule has 1 aromatic rings. The number of hydrogen-bond donors (Lipinski definition) is 1. The fraction of sp³-hybridized carbons (Fsp3) is 0.786. The average Bonchev–Trinajstić information content (AvgIpc) is 2.59.